The molecule has 0 radical (unpaired) electrons. The number of carbonyl (C=O) groups excluding carboxylic acids is 1. The van der Waals surface area contributed by atoms with Gasteiger partial charge in [0.05, 0.1) is 0 Å². The predicted molar refractivity (Wildman–Crippen MR) is 55.9 cm³/mol. The standard InChI is InChI=1S/C10H17NO5/c1-7(2)3-4-8(12)11(5-9(13)14)6-10(15)16/h7H,3-6H2,1-2H3,(H,13,14)(H,15,16). The van der Waals surface area contributed by atoms with Crippen molar-refractivity contribution in [2.75, 3.05) is 13.1 Å². The molecule has 0 aliphatic carbocycles. The molecule has 0 aliphatic rings. The fourth-order valence-corrected chi connectivity index (χ4v) is 1.13. The Morgan fingerprint density at radius 1 is 1.06 bits per heavy atom. The number of rotatable bonds is 7. The third-order valence-electron chi connectivity index (χ3n) is 1.94. The third kappa shape index (κ3) is 6.80. The fourth-order valence-electron chi connectivity index (χ4n) is 1.13. The summed E-state index contributed by atoms with van der Waals surface area (Å²) in [5.74, 6) is -2.53. The minimum absolute atomic E-state index is 0.179. The summed E-state index contributed by atoms with van der Waals surface area (Å²) in [5, 5.41) is 17.1. The molecule has 0 aromatic carbocycles. The van der Waals surface area contributed by atoms with Crippen LogP contribution >= 0.6 is 0 Å². The SMILES string of the molecule is CC(C)CCC(=O)N(CC(=O)O)CC(=O)O. The van der Waals surface area contributed by atoms with E-state index in [-0.39, 0.29) is 6.42 Å². The highest BCUT2D eigenvalue weighted by Gasteiger charge is 2.19. The number of aliphatic carboxylic acids is 2. The average molecular weight is 231 g/mol. The minimum atomic E-state index is -1.21. The average Bonchev–Trinajstić information content (AvgIpc) is 2.11. The Morgan fingerprint density at radius 2 is 1.50 bits per heavy atom. The summed E-state index contributed by atoms with van der Waals surface area (Å²) < 4.78 is 0. The highest BCUT2D eigenvalue weighted by molar-refractivity contribution is 5.85. The van der Waals surface area contributed by atoms with Crippen LogP contribution in [0, 0.1) is 5.92 Å². The van der Waals surface area contributed by atoms with E-state index in [9.17, 15) is 14.4 Å². The van der Waals surface area contributed by atoms with Crippen LogP contribution in [0.15, 0.2) is 0 Å². The van der Waals surface area contributed by atoms with E-state index in [1.165, 1.54) is 0 Å². The molecule has 0 aromatic heterocycles. The highest BCUT2D eigenvalue weighted by atomic mass is 16.4. The van der Waals surface area contributed by atoms with Gasteiger partial charge in [0.2, 0.25) is 5.91 Å². The van der Waals surface area contributed by atoms with Gasteiger partial charge in [0, 0.05) is 6.42 Å². The Balaban J connectivity index is 4.31. The Labute approximate surface area is 93.9 Å². The molecule has 0 bridgehead atoms. The Bertz CT molecular complexity index is 258. The normalized spacial score (nSPS) is 10.2. The zero-order valence-corrected chi connectivity index (χ0v) is 9.47. The molecule has 16 heavy (non-hydrogen) atoms. The van der Waals surface area contributed by atoms with Gasteiger partial charge >= 0.3 is 11.9 Å². The zero-order chi connectivity index (χ0) is 12.7. The lowest BCUT2D eigenvalue weighted by molar-refractivity contribution is -0.149. The zero-order valence-electron chi connectivity index (χ0n) is 9.47. The van der Waals surface area contributed by atoms with E-state index in [0.717, 1.165) is 4.90 Å². The van der Waals surface area contributed by atoms with E-state index in [1.807, 2.05) is 13.8 Å². The molecular weight excluding hydrogens is 214 g/mol. The second-order valence-corrected chi connectivity index (χ2v) is 3.97. The van der Waals surface area contributed by atoms with Crippen molar-refractivity contribution in [1.82, 2.24) is 4.90 Å². The lowest BCUT2D eigenvalue weighted by Crippen LogP contribution is -2.39. The quantitative estimate of drug-likeness (QED) is 0.662. The number of hydrogen-bond donors (Lipinski definition) is 2. The van der Waals surface area contributed by atoms with Crippen molar-refractivity contribution in [2.45, 2.75) is 26.7 Å². The van der Waals surface area contributed by atoms with Gasteiger partial charge in [0.15, 0.2) is 0 Å². The first-order valence-corrected chi connectivity index (χ1v) is 5.04. The van der Waals surface area contributed by atoms with Crippen LogP contribution in [0.3, 0.4) is 0 Å². The van der Waals surface area contributed by atoms with Crippen LogP contribution in [0.2, 0.25) is 0 Å². The van der Waals surface area contributed by atoms with Crippen LogP contribution < -0.4 is 0 Å². The molecule has 0 saturated carbocycles. The smallest absolute Gasteiger partial charge is 0.323 e. The van der Waals surface area contributed by atoms with Gasteiger partial charge in [-0.05, 0) is 12.3 Å². The summed E-state index contributed by atoms with van der Waals surface area (Å²) in [6, 6.07) is 0. The molecule has 0 heterocycles. The molecular formula is C10H17NO5. The minimum Gasteiger partial charge on any atom is -0.480 e. The summed E-state index contributed by atoms with van der Waals surface area (Å²) >= 11 is 0. The van der Waals surface area contributed by atoms with Crippen LogP contribution in [0.4, 0.5) is 0 Å². The van der Waals surface area contributed by atoms with Crippen molar-refractivity contribution < 1.29 is 24.6 Å². The van der Waals surface area contributed by atoms with Gasteiger partial charge < -0.3 is 15.1 Å². The van der Waals surface area contributed by atoms with Crippen LogP contribution in [-0.2, 0) is 14.4 Å². The van der Waals surface area contributed by atoms with Crippen LogP contribution in [0.1, 0.15) is 26.7 Å². The van der Waals surface area contributed by atoms with Gasteiger partial charge in [-0.15, -0.1) is 0 Å². The maximum absolute atomic E-state index is 11.5. The highest BCUT2D eigenvalue weighted by Crippen LogP contribution is 2.06. The summed E-state index contributed by atoms with van der Waals surface area (Å²) in [6.45, 7) is 2.74. The largest absolute Gasteiger partial charge is 0.480 e. The first kappa shape index (κ1) is 14.4. The Morgan fingerprint density at radius 3 is 1.81 bits per heavy atom. The fraction of sp³-hybridized carbons (Fsp3) is 0.700. The van der Waals surface area contributed by atoms with Gasteiger partial charge in [-0.25, -0.2) is 0 Å². The molecule has 0 aromatic rings. The van der Waals surface area contributed by atoms with E-state index in [1.54, 1.807) is 0 Å². The molecule has 92 valence electrons. The Kier molecular flexibility index (Phi) is 6.14. The monoisotopic (exact) mass is 231 g/mol. The van der Waals surface area contributed by atoms with Crippen molar-refractivity contribution in [1.29, 1.82) is 0 Å². The van der Waals surface area contributed by atoms with Crippen LogP contribution in [0.5, 0.6) is 0 Å². The number of carboxylic acid groups (broad SMARTS) is 2. The molecule has 0 spiro atoms. The van der Waals surface area contributed by atoms with Gasteiger partial charge in [0.25, 0.3) is 0 Å². The van der Waals surface area contributed by atoms with E-state index in [2.05, 4.69) is 0 Å². The molecule has 0 saturated heterocycles. The molecule has 0 rings (SSSR count). The second-order valence-electron chi connectivity index (χ2n) is 3.97. The molecule has 6 heteroatoms. The first-order valence-electron chi connectivity index (χ1n) is 5.04. The van der Waals surface area contributed by atoms with Crippen molar-refractivity contribution in [2.24, 2.45) is 5.92 Å². The molecule has 6 nitrogen and oxygen atoms in total. The third-order valence-corrected chi connectivity index (χ3v) is 1.94. The summed E-state index contributed by atoms with van der Waals surface area (Å²) in [6.07, 6.45) is 0.798. The second kappa shape index (κ2) is 6.81. The van der Waals surface area contributed by atoms with Gasteiger partial charge in [-0.1, -0.05) is 13.8 Å². The topological polar surface area (TPSA) is 94.9 Å². The van der Waals surface area contributed by atoms with Crippen molar-refractivity contribution in [3.8, 4) is 0 Å². The molecule has 0 atom stereocenters. The van der Waals surface area contributed by atoms with Gasteiger partial charge in [-0.2, -0.15) is 0 Å². The van der Waals surface area contributed by atoms with E-state index in [4.69, 9.17) is 10.2 Å². The van der Waals surface area contributed by atoms with E-state index >= 15 is 0 Å². The number of amides is 1. The molecule has 0 fully saturated rings. The van der Waals surface area contributed by atoms with Gasteiger partial charge in [-0.3, -0.25) is 14.4 Å². The van der Waals surface area contributed by atoms with Gasteiger partial charge in [0.1, 0.15) is 13.1 Å². The number of carboxylic acids is 2. The van der Waals surface area contributed by atoms with Crippen molar-refractivity contribution in [3.63, 3.8) is 0 Å². The number of carbonyl (C=O) groups is 3. The van der Waals surface area contributed by atoms with E-state index in [0.29, 0.717) is 12.3 Å². The van der Waals surface area contributed by atoms with E-state index < -0.39 is 30.9 Å². The molecule has 1 amide bonds. The lowest BCUT2D eigenvalue weighted by atomic mass is 10.1. The predicted octanol–water partition coefficient (Wildman–Crippen LogP) is 0.420. The number of nitrogens with zero attached hydrogens (tertiary/aromatic N) is 1. The Hall–Kier alpha value is -1.59. The van der Waals surface area contributed by atoms with Crippen LogP contribution in [-0.4, -0.2) is 46.0 Å². The molecule has 0 unspecified atom stereocenters. The summed E-state index contributed by atoms with van der Waals surface area (Å²) in [4.78, 5) is 33.3. The van der Waals surface area contributed by atoms with Crippen molar-refractivity contribution >= 4 is 17.8 Å². The molecule has 0 aliphatic heterocycles. The maximum atomic E-state index is 11.5. The maximum Gasteiger partial charge on any atom is 0.323 e. The van der Waals surface area contributed by atoms with Crippen LogP contribution in [0.25, 0.3) is 0 Å². The van der Waals surface area contributed by atoms with Crippen molar-refractivity contribution in [3.05, 3.63) is 0 Å². The molecule has 2 N–H and O–H groups in total. The number of hydrogen-bond acceptors (Lipinski definition) is 3. The first-order chi connectivity index (χ1) is 7.32. The summed E-state index contributed by atoms with van der Waals surface area (Å²) in [5.41, 5.74) is 0. The summed E-state index contributed by atoms with van der Waals surface area (Å²) in [7, 11) is 0. The lowest BCUT2D eigenvalue weighted by Gasteiger charge is -2.18.